The van der Waals surface area contributed by atoms with E-state index < -0.39 is 10.0 Å². The number of rotatable bonds is 6. The minimum absolute atomic E-state index is 0.0132. The predicted molar refractivity (Wildman–Crippen MR) is 88.5 cm³/mol. The fourth-order valence-corrected chi connectivity index (χ4v) is 4.98. The highest BCUT2D eigenvalue weighted by molar-refractivity contribution is 7.89. The minimum Gasteiger partial charge on any atom is -0.354 e. The third kappa shape index (κ3) is 3.40. The molecule has 0 bridgehead atoms. The summed E-state index contributed by atoms with van der Waals surface area (Å²) in [5.74, 6) is 0.277. The van der Waals surface area contributed by atoms with Gasteiger partial charge in [-0.15, -0.1) is 0 Å². The van der Waals surface area contributed by atoms with Gasteiger partial charge in [0, 0.05) is 44.7 Å². The van der Waals surface area contributed by atoms with Gasteiger partial charge in [0.15, 0.2) is 0 Å². The fourth-order valence-electron chi connectivity index (χ4n) is 4.41. The average molecular weight is 344 g/mol. The van der Waals surface area contributed by atoms with Crippen LogP contribution in [0.2, 0.25) is 0 Å². The van der Waals surface area contributed by atoms with Crippen molar-refractivity contribution in [3.05, 3.63) is 0 Å². The zero-order valence-electron chi connectivity index (χ0n) is 13.8. The molecule has 1 saturated carbocycles. The standard InChI is InChI=1S/C15H28N4O3S/c1-16-23(21,22)7-6-18-14(20)15-10-17-8-12(15)9-19(11-15)13-4-2-3-5-13/h12-13,16-17H,2-11H2,1H3,(H,18,20)/t12-,15-/m1/s1. The van der Waals surface area contributed by atoms with Gasteiger partial charge >= 0.3 is 0 Å². The molecule has 8 heteroatoms. The monoisotopic (exact) mass is 344 g/mol. The summed E-state index contributed by atoms with van der Waals surface area (Å²) in [6.45, 7) is 3.54. The van der Waals surface area contributed by atoms with E-state index in [2.05, 4.69) is 20.3 Å². The van der Waals surface area contributed by atoms with Gasteiger partial charge in [0.2, 0.25) is 15.9 Å². The zero-order chi connectivity index (χ0) is 16.5. The van der Waals surface area contributed by atoms with Crippen molar-refractivity contribution in [2.24, 2.45) is 11.3 Å². The number of hydrogen-bond acceptors (Lipinski definition) is 5. The van der Waals surface area contributed by atoms with Crippen LogP contribution >= 0.6 is 0 Å². The Morgan fingerprint density at radius 3 is 2.78 bits per heavy atom. The van der Waals surface area contributed by atoms with Crippen LogP contribution in [0.25, 0.3) is 0 Å². The maximum Gasteiger partial charge on any atom is 0.229 e. The van der Waals surface area contributed by atoms with Crippen molar-refractivity contribution in [3.8, 4) is 0 Å². The second kappa shape index (κ2) is 6.66. The van der Waals surface area contributed by atoms with Gasteiger partial charge in [-0.2, -0.15) is 0 Å². The molecule has 23 heavy (non-hydrogen) atoms. The summed E-state index contributed by atoms with van der Waals surface area (Å²) in [5, 5.41) is 6.22. The lowest BCUT2D eigenvalue weighted by molar-refractivity contribution is -0.130. The predicted octanol–water partition coefficient (Wildman–Crippen LogP) is -0.884. The number of nitrogens with zero attached hydrogens (tertiary/aromatic N) is 1. The number of fused-ring (bicyclic) bond motifs is 1. The van der Waals surface area contributed by atoms with E-state index >= 15 is 0 Å². The molecule has 2 saturated heterocycles. The van der Waals surface area contributed by atoms with Gasteiger partial charge in [-0.05, 0) is 19.9 Å². The van der Waals surface area contributed by atoms with Gasteiger partial charge in [-0.3, -0.25) is 9.69 Å². The molecule has 0 radical (unpaired) electrons. The van der Waals surface area contributed by atoms with Crippen molar-refractivity contribution >= 4 is 15.9 Å². The highest BCUT2D eigenvalue weighted by Crippen LogP contribution is 2.42. The number of nitrogens with one attached hydrogen (secondary N) is 3. The average Bonchev–Trinajstić information content (AvgIpc) is 3.21. The quantitative estimate of drug-likeness (QED) is 0.582. The highest BCUT2D eigenvalue weighted by Gasteiger charge is 2.55. The van der Waals surface area contributed by atoms with E-state index in [4.69, 9.17) is 0 Å². The second-order valence-corrected chi connectivity index (χ2v) is 9.18. The van der Waals surface area contributed by atoms with Gasteiger partial charge in [-0.25, -0.2) is 13.1 Å². The minimum atomic E-state index is -3.28. The van der Waals surface area contributed by atoms with E-state index in [-0.39, 0.29) is 23.6 Å². The first-order valence-corrected chi connectivity index (χ1v) is 10.3. The van der Waals surface area contributed by atoms with Crippen LogP contribution in [-0.4, -0.2) is 70.8 Å². The third-order valence-corrected chi connectivity index (χ3v) is 7.18. The molecule has 3 fully saturated rings. The Morgan fingerprint density at radius 2 is 2.09 bits per heavy atom. The van der Waals surface area contributed by atoms with E-state index in [0.717, 1.165) is 19.6 Å². The summed E-state index contributed by atoms with van der Waals surface area (Å²) in [6, 6.07) is 0.634. The molecule has 0 aromatic carbocycles. The van der Waals surface area contributed by atoms with Crippen LogP contribution in [0.15, 0.2) is 0 Å². The topological polar surface area (TPSA) is 90.5 Å². The van der Waals surface area contributed by atoms with Gasteiger partial charge < -0.3 is 10.6 Å². The van der Waals surface area contributed by atoms with Crippen LogP contribution in [0.3, 0.4) is 0 Å². The van der Waals surface area contributed by atoms with Crippen LogP contribution in [0.1, 0.15) is 25.7 Å². The maximum absolute atomic E-state index is 12.8. The Balaban J connectivity index is 1.61. The van der Waals surface area contributed by atoms with Crippen LogP contribution in [-0.2, 0) is 14.8 Å². The SMILES string of the molecule is CNS(=O)(=O)CCNC(=O)[C@@]12CNC[C@@H]1CN(C1CCCC1)C2. The summed E-state index contributed by atoms with van der Waals surface area (Å²) in [4.78, 5) is 15.3. The number of likely N-dealkylation sites (tertiary alicyclic amines) is 1. The smallest absolute Gasteiger partial charge is 0.229 e. The molecule has 132 valence electrons. The van der Waals surface area contributed by atoms with E-state index in [0.29, 0.717) is 18.5 Å². The van der Waals surface area contributed by atoms with Gasteiger partial charge in [0.05, 0.1) is 11.2 Å². The van der Waals surface area contributed by atoms with Crippen molar-refractivity contribution in [2.75, 3.05) is 45.5 Å². The van der Waals surface area contributed by atoms with Crippen LogP contribution in [0, 0.1) is 11.3 Å². The zero-order valence-corrected chi connectivity index (χ0v) is 14.6. The third-order valence-electron chi connectivity index (χ3n) is 5.81. The molecule has 1 amide bonds. The molecule has 2 heterocycles. The lowest BCUT2D eigenvalue weighted by atomic mass is 9.80. The second-order valence-electron chi connectivity index (χ2n) is 7.13. The van der Waals surface area contributed by atoms with Crippen molar-refractivity contribution in [1.82, 2.24) is 20.3 Å². The molecule has 0 unspecified atom stereocenters. The Bertz CT molecular complexity index is 547. The lowest BCUT2D eigenvalue weighted by Gasteiger charge is -2.29. The van der Waals surface area contributed by atoms with Crippen LogP contribution < -0.4 is 15.4 Å². The molecule has 7 nitrogen and oxygen atoms in total. The number of carbonyl (C=O) groups is 1. The molecular weight excluding hydrogens is 316 g/mol. The molecule has 2 atom stereocenters. The summed E-state index contributed by atoms with van der Waals surface area (Å²) < 4.78 is 25.2. The number of carbonyl (C=O) groups excluding carboxylic acids is 1. The Kier molecular flexibility index (Phi) is 4.96. The first-order valence-electron chi connectivity index (χ1n) is 8.61. The van der Waals surface area contributed by atoms with Crippen molar-refractivity contribution in [2.45, 2.75) is 31.7 Å². The van der Waals surface area contributed by atoms with Crippen molar-refractivity contribution < 1.29 is 13.2 Å². The Morgan fingerprint density at radius 1 is 1.35 bits per heavy atom. The number of amides is 1. The largest absolute Gasteiger partial charge is 0.354 e. The molecule has 0 spiro atoms. The van der Waals surface area contributed by atoms with E-state index in [1.807, 2.05) is 0 Å². The molecule has 2 aliphatic heterocycles. The first kappa shape index (κ1) is 17.1. The first-order chi connectivity index (χ1) is 11.0. The maximum atomic E-state index is 12.8. The van der Waals surface area contributed by atoms with Gasteiger partial charge in [0.1, 0.15) is 0 Å². The van der Waals surface area contributed by atoms with Gasteiger partial charge in [0.25, 0.3) is 0 Å². The molecule has 3 N–H and O–H groups in total. The van der Waals surface area contributed by atoms with Gasteiger partial charge in [-0.1, -0.05) is 12.8 Å². The number of hydrogen-bond donors (Lipinski definition) is 3. The van der Waals surface area contributed by atoms with Crippen molar-refractivity contribution in [3.63, 3.8) is 0 Å². The Hall–Kier alpha value is -0.700. The van der Waals surface area contributed by atoms with Crippen LogP contribution in [0.5, 0.6) is 0 Å². The molecule has 0 aromatic rings. The van der Waals surface area contributed by atoms with E-state index in [9.17, 15) is 13.2 Å². The fraction of sp³-hybridized carbons (Fsp3) is 0.933. The van der Waals surface area contributed by atoms with Crippen molar-refractivity contribution in [1.29, 1.82) is 0 Å². The van der Waals surface area contributed by atoms with E-state index in [1.54, 1.807) is 0 Å². The lowest BCUT2D eigenvalue weighted by Crippen LogP contribution is -2.49. The molecule has 0 aromatic heterocycles. The summed E-state index contributed by atoms with van der Waals surface area (Å²) >= 11 is 0. The summed E-state index contributed by atoms with van der Waals surface area (Å²) in [6.07, 6.45) is 5.09. The molecule has 1 aliphatic carbocycles. The van der Waals surface area contributed by atoms with E-state index in [1.165, 1.54) is 32.7 Å². The molecule has 3 rings (SSSR count). The highest BCUT2D eigenvalue weighted by atomic mass is 32.2. The normalized spacial score (nSPS) is 32.3. The summed E-state index contributed by atoms with van der Waals surface area (Å²) in [7, 11) is -1.89. The Labute approximate surface area is 138 Å². The van der Waals surface area contributed by atoms with Crippen LogP contribution in [0.4, 0.5) is 0 Å². The molecule has 3 aliphatic rings. The summed E-state index contributed by atoms with van der Waals surface area (Å²) in [5.41, 5.74) is -0.383. The molecular formula is C15H28N4O3S. The number of sulfonamides is 1.